The number of carbonyl (C=O) groups is 3. The number of imide groups is 1. The van der Waals surface area contributed by atoms with E-state index in [0.29, 0.717) is 15.7 Å². The lowest BCUT2D eigenvalue weighted by atomic mass is 9.87. The van der Waals surface area contributed by atoms with E-state index >= 15 is 0 Å². The van der Waals surface area contributed by atoms with Gasteiger partial charge in [0.2, 0.25) is 0 Å². The number of hydrogen-bond donors (Lipinski definition) is 1. The van der Waals surface area contributed by atoms with Crippen molar-refractivity contribution < 1.29 is 19.1 Å². The molecular weight excluding hydrogens is 358 g/mol. The molecule has 0 bridgehead atoms. The van der Waals surface area contributed by atoms with E-state index in [9.17, 15) is 14.4 Å². The van der Waals surface area contributed by atoms with Crippen molar-refractivity contribution in [2.24, 2.45) is 5.92 Å². The van der Waals surface area contributed by atoms with Crippen molar-refractivity contribution in [1.29, 1.82) is 0 Å². The molecule has 0 aliphatic heterocycles. The molecule has 0 spiro atoms. The Kier molecular flexibility index (Phi) is 5.65. The summed E-state index contributed by atoms with van der Waals surface area (Å²) in [4.78, 5) is 37.9. The number of amides is 2. The van der Waals surface area contributed by atoms with Gasteiger partial charge in [0.25, 0.3) is 11.8 Å². The molecule has 7 heteroatoms. The van der Waals surface area contributed by atoms with E-state index in [2.05, 4.69) is 12.2 Å². The minimum Gasteiger partial charge on any atom is -0.451 e. The zero-order valence-electron chi connectivity index (χ0n) is 13.9. The van der Waals surface area contributed by atoms with Crippen molar-refractivity contribution >= 4 is 40.5 Å². The van der Waals surface area contributed by atoms with Gasteiger partial charge in [-0.1, -0.05) is 19.4 Å². The summed E-state index contributed by atoms with van der Waals surface area (Å²) < 4.78 is 5.05. The Bertz CT molecular complexity index is 779. The van der Waals surface area contributed by atoms with Crippen LogP contribution in [0.3, 0.4) is 0 Å². The van der Waals surface area contributed by atoms with Crippen molar-refractivity contribution in [1.82, 2.24) is 5.32 Å². The molecule has 2 heterocycles. The molecule has 0 radical (unpaired) electrons. The van der Waals surface area contributed by atoms with Crippen LogP contribution in [0, 0.1) is 5.92 Å². The van der Waals surface area contributed by atoms with Crippen LogP contribution in [-0.2, 0) is 22.4 Å². The molecule has 25 heavy (non-hydrogen) atoms. The van der Waals surface area contributed by atoms with E-state index in [1.54, 1.807) is 17.5 Å². The van der Waals surface area contributed by atoms with Gasteiger partial charge in [-0.05, 0) is 48.3 Å². The van der Waals surface area contributed by atoms with Gasteiger partial charge >= 0.3 is 5.97 Å². The topological polar surface area (TPSA) is 72.5 Å². The predicted octanol–water partition coefficient (Wildman–Crippen LogP) is 3.44. The molecule has 0 unspecified atom stereocenters. The second-order valence-corrected chi connectivity index (χ2v) is 8.09. The fourth-order valence-corrected chi connectivity index (χ4v) is 4.60. The third-order valence-corrected chi connectivity index (χ3v) is 6.38. The molecule has 5 nitrogen and oxygen atoms in total. The minimum atomic E-state index is -0.626. The van der Waals surface area contributed by atoms with E-state index in [-0.39, 0.29) is 0 Å². The molecule has 1 atom stereocenters. The highest BCUT2D eigenvalue weighted by Gasteiger charge is 2.23. The largest absolute Gasteiger partial charge is 0.451 e. The average molecular weight is 377 g/mol. The maximum Gasteiger partial charge on any atom is 0.348 e. The highest BCUT2D eigenvalue weighted by molar-refractivity contribution is 7.14. The van der Waals surface area contributed by atoms with Gasteiger partial charge in [-0.25, -0.2) is 4.79 Å². The molecular formula is C18H19NO4S2. The summed E-state index contributed by atoms with van der Waals surface area (Å²) in [6.07, 6.45) is 4.31. The van der Waals surface area contributed by atoms with Gasteiger partial charge in [0.05, 0.1) is 4.88 Å². The van der Waals surface area contributed by atoms with E-state index in [1.165, 1.54) is 33.1 Å². The molecule has 0 aromatic carbocycles. The van der Waals surface area contributed by atoms with Gasteiger partial charge in [0.1, 0.15) is 4.88 Å². The first-order valence-electron chi connectivity index (χ1n) is 8.23. The Hall–Kier alpha value is -1.99. The smallest absolute Gasteiger partial charge is 0.348 e. The van der Waals surface area contributed by atoms with E-state index in [1.807, 2.05) is 6.07 Å². The first-order valence-corrected chi connectivity index (χ1v) is 9.92. The predicted molar refractivity (Wildman–Crippen MR) is 97.2 cm³/mol. The Morgan fingerprint density at radius 2 is 2.16 bits per heavy atom. The monoisotopic (exact) mass is 377 g/mol. The summed E-state index contributed by atoms with van der Waals surface area (Å²) in [5.41, 5.74) is 1.23. The lowest BCUT2D eigenvalue weighted by Gasteiger charge is -2.19. The van der Waals surface area contributed by atoms with Crippen molar-refractivity contribution in [3.63, 3.8) is 0 Å². The zero-order chi connectivity index (χ0) is 17.8. The molecule has 0 saturated heterocycles. The highest BCUT2D eigenvalue weighted by Crippen LogP contribution is 2.33. The number of hydrogen-bond acceptors (Lipinski definition) is 6. The first-order chi connectivity index (χ1) is 12.1. The van der Waals surface area contributed by atoms with Crippen molar-refractivity contribution in [3.8, 4) is 0 Å². The van der Waals surface area contributed by atoms with Crippen LogP contribution in [-0.4, -0.2) is 24.4 Å². The number of thiophene rings is 2. The van der Waals surface area contributed by atoms with Crippen LogP contribution in [0.1, 0.15) is 49.5 Å². The number of aryl methyl sites for hydroxylation is 1. The van der Waals surface area contributed by atoms with Crippen LogP contribution >= 0.6 is 22.7 Å². The van der Waals surface area contributed by atoms with E-state index in [4.69, 9.17) is 4.74 Å². The van der Waals surface area contributed by atoms with Crippen molar-refractivity contribution in [3.05, 3.63) is 43.8 Å². The van der Waals surface area contributed by atoms with Gasteiger partial charge in [0.15, 0.2) is 6.61 Å². The Labute approximate surface area is 154 Å². The van der Waals surface area contributed by atoms with Gasteiger partial charge in [-0.2, -0.15) is 0 Å². The zero-order valence-corrected chi connectivity index (χ0v) is 15.5. The third-order valence-electron chi connectivity index (χ3n) is 4.30. The minimum absolute atomic E-state index is 0.441. The maximum absolute atomic E-state index is 12.2. The molecule has 2 aromatic rings. The number of esters is 1. The van der Waals surface area contributed by atoms with Crippen LogP contribution in [0.2, 0.25) is 0 Å². The first kappa shape index (κ1) is 17.8. The summed E-state index contributed by atoms with van der Waals surface area (Å²) in [5.74, 6) is -0.932. The molecule has 0 fully saturated rings. The number of rotatable bonds is 5. The van der Waals surface area contributed by atoms with Crippen LogP contribution in [0.4, 0.5) is 0 Å². The average Bonchev–Trinajstić information content (AvgIpc) is 3.28. The maximum atomic E-state index is 12.2. The molecule has 3 rings (SSSR count). The SMILES string of the molecule is CC[C@H]1CCc2sc(C(=O)OCC(=O)NC(=O)c3cccs3)cc2C1. The van der Waals surface area contributed by atoms with Crippen LogP contribution in [0.5, 0.6) is 0 Å². The third kappa shape index (κ3) is 4.35. The Morgan fingerprint density at radius 3 is 2.88 bits per heavy atom. The Morgan fingerprint density at radius 1 is 1.32 bits per heavy atom. The summed E-state index contributed by atoms with van der Waals surface area (Å²) in [5, 5.41) is 3.96. The summed E-state index contributed by atoms with van der Waals surface area (Å²) in [6.45, 7) is 1.73. The Balaban J connectivity index is 1.52. The normalized spacial score (nSPS) is 16.1. The second-order valence-electron chi connectivity index (χ2n) is 6.01. The fourth-order valence-electron chi connectivity index (χ4n) is 2.88. The molecule has 132 valence electrons. The van der Waals surface area contributed by atoms with Crippen LogP contribution in [0.25, 0.3) is 0 Å². The molecule has 1 N–H and O–H groups in total. The summed E-state index contributed by atoms with van der Waals surface area (Å²) in [6, 6.07) is 5.24. The van der Waals surface area contributed by atoms with Crippen molar-refractivity contribution in [2.45, 2.75) is 32.6 Å². The standard InChI is InChI=1S/C18H19NO4S2/c1-2-11-5-6-13-12(8-11)9-15(25-13)18(22)23-10-16(20)19-17(21)14-4-3-7-24-14/h3-4,7,9,11H,2,5-6,8,10H2,1H3,(H,19,20,21)/t11-/m0/s1. The quantitative estimate of drug-likeness (QED) is 0.810. The molecule has 1 aliphatic carbocycles. The number of fused-ring (bicyclic) bond motifs is 1. The number of ether oxygens (including phenoxy) is 1. The van der Waals surface area contributed by atoms with Gasteiger partial charge < -0.3 is 4.74 Å². The van der Waals surface area contributed by atoms with Gasteiger partial charge in [-0.15, -0.1) is 22.7 Å². The number of nitrogens with one attached hydrogen (secondary N) is 1. The van der Waals surface area contributed by atoms with Gasteiger partial charge in [0, 0.05) is 4.88 Å². The number of carbonyl (C=O) groups excluding carboxylic acids is 3. The van der Waals surface area contributed by atoms with Gasteiger partial charge in [-0.3, -0.25) is 14.9 Å². The lowest BCUT2D eigenvalue weighted by molar-refractivity contribution is -0.123. The molecule has 2 amide bonds. The lowest BCUT2D eigenvalue weighted by Crippen LogP contribution is -2.33. The van der Waals surface area contributed by atoms with E-state index < -0.39 is 24.4 Å². The summed E-state index contributed by atoms with van der Waals surface area (Å²) in [7, 11) is 0. The second kappa shape index (κ2) is 7.93. The molecule has 0 saturated carbocycles. The summed E-state index contributed by atoms with van der Waals surface area (Å²) >= 11 is 2.69. The van der Waals surface area contributed by atoms with E-state index in [0.717, 1.165) is 25.7 Å². The fraction of sp³-hybridized carbons (Fsp3) is 0.389. The molecule has 2 aromatic heterocycles. The molecule has 1 aliphatic rings. The van der Waals surface area contributed by atoms with Crippen molar-refractivity contribution in [2.75, 3.05) is 6.61 Å². The van der Waals surface area contributed by atoms with Crippen LogP contribution < -0.4 is 5.32 Å². The van der Waals surface area contributed by atoms with Crippen LogP contribution in [0.15, 0.2) is 23.6 Å². The highest BCUT2D eigenvalue weighted by atomic mass is 32.1.